The summed E-state index contributed by atoms with van der Waals surface area (Å²) in [5.74, 6) is -1.11. The average Bonchev–Trinajstić information content (AvgIpc) is 2.72. The van der Waals surface area contributed by atoms with Gasteiger partial charge in [-0.3, -0.25) is 9.00 Å². The third-order valence-corrected chi connectivity index (χ3v) is 4.33. The van der Waals surface area contributed by atoms with Crippen LogP contribution in [0.1, 0.15) is 18.7 Å². The number of thiazole rings is 1. The fourth-order valence-electron chi connectivity index (χ4n) is 0.985. The Morgan fingerprint density at radius 3 is 2.94 bits per heavy atom. The lowest BCUT2D eigenvalue weighted by molar-refractivity contribution is -0.138. The molecule has 0 saturated carbocycles. The minimum absolute atomic E-state index is 0.00972. The molecule has 0 aliphatic heterocycles. The minimum atomic E-state index is -1.11. The molecule has 0 aliphatic carbocycles. The van der Waals surface area contributed by atoms with Gasteiger partial charge in [0, 0.05) is 34.2 Å². The number of carbonyl (C=O) groups is 1. The van der Waals surface area contributed by atoms with Crippen LogP contribution in [0.4, 0.5) is 5.13 Å². The summed E-state index contributed by atoms with van der Waals surface area (Å²) < 4.78 is 11.1. The maximum absolute atomic E-state index is 11.1. The lowest BCUT2D eigenvalue weighted by Crippen LogP contribution is -2.22. The van der Waals surface area contributed by atoms with Crippen LogP contribution < -0.4 is 11.1 Å². The Kier molecular flexibility index (Phi) is 5.03. The van der Waals surface area contributed by atoms with Gasteiger partial charge in [-0.25, -0.2) is 4.98 Å². The van der Waals surface area contributed by atoms with Gasteiger partial charge in [-0.2, -0.15) is 0 Å². The second-order valence-electron chi connectivity index (χ2n) is 3.58. The molecular formula is C9H15N3O3S2. The van der Waals surface area contributed by atoms with Crippen LogP contribution in [-0.2, 0) is 15.6 Å². The molecule has 0 aromatic carbocycles. The summed E-state index contributed by atoms with van der Waals surface area (Å²) in [5.41, 5.74) is 5.75. The first kappa shape index (κ1) is 14.1. The topological polar surface area (TPSA) is 105 Å². The molecule has 1 rings (SSSR count). The molecule has 1 aromatic rings. The number of nitrogens with one attached hydrogen (secondary N) is 1. The van der Waals surface area contributed by atoms with E-state index in [4.69, 9.17) is 10.8 Å². The van der Waals surface area contributed by atoms with Gasteiger partial charge in [-0.1, -0.05) is 0 Å². The van der Waals surface area contributed by atoms with Crippen LogP contribution in [0.25, 0.3) is 0 Å². The van der Waals surface area contributed by atoms with E-state index < -0.39 is 22.8 Å². The van der Waals surface area contributed by atoms with Gasteiger partial charge in [0.05, 0.1) is 5.69 Å². The van der Waals surface area contributed by atoms with Gasteiger partial charge < -0.3 is 16.2 Å². The third kappa shape index (κ3) is 4.06. The van der Waals surface area contributed by atoms with Gasteiger partial charge in [0.15, 0.2) is 5.13 Å². The second-order valence-corrected chi connectivity index (χ2v) is 6.24. The minimum Gasteiger partial charge on any atom is -0.480 e. The quantitative estimate of drug-likeness (QED) is 0.695. The van der Waals surface area contributed by atoms with Crippen LogP contribution >= 0.6 is 11.3 Å². The Hall–Kier alpha value is -0.990. The molecule has 0 bridgehead atoms. The number of hydrogen-bond acceptors (Lipinski definition) is 6. The van der Waals surface area contributed by atoms with E-state index in [1.165, 1.54) is 11.3 Å². The third-order valence-electron chi connectivity index (χ3n) is 2.21. The summed E-state index contributed by atoms with van der Waals surface area (Å²) in [5, 5.41) is 13.9. The molecule has 4 N–H and O–H groups in total. The van der Waals surface area contributed by atoms with Gasteiger partial charge in [0.2, 0.25) is 0 Å². The molecule has 1 heterocycles. The number of nitrogens with zero attached hydrogens (tertiary/aromatic N) is 1. The molecular weight excluding hydrogens is 262 g/mol. The van der Waals surface area contributed by atoms with Gasteiger partial charge in [0.1, 0.15) is 6.04 Å². The van der Waals surface area contributed by atoms with E-state index in [1.54, 1.807) is 11.6 Å². The van der Waals surface area contributed by atoms with Gasteiger partial charge in [0.25, 0.3) is 0 Å². The number of nitrogens with two attached hydrogens (primary N) is 1. The number of rotatable bonds is 6. The van der Waals surface area contributed by atoms with Crippen LogP contribution in [0, 0.1) is 0 Å². The lowest BCUT2D eigenvalue weighted by atomic mass is 10.2. The Morgan fingerprint density at radius 2 is 2.41 bits per heavy atom. The number of aromatic nitrogens is 1. The van der Waals surface area contributed by atoms with E-state index in [0.29, 0.717) is 17.4 Å². The van der Waals surface area contributed by atoms with Crippen LogP contribution in [0.15, 0.2) is 5.38 Å². The van der Waals surface area contributed by atoms with Crippen molar-refractivity contribution in [3.8, 4) is 0 Å². The van der Waals surface area contributed by atoms with Crippen molar-refractivity contribution < 1.29 is 14.1 Å². The molecule has 3 atom stereocenters. The summed E-state index contributed by atoms with van der Waals surface area (Å²) in [6.07, 6.45) is 1.64. The Balaban J connectivity index is 2.57. The highest BCUT2D eigenvalue weighted by molar-refractivity contribution is 7.84. The van der Waals surface area contributed by atoms with Crippen molar-refractivity contribution in [2.75, 3.05) is 18.1 Å². The van der Waals surface area contributed by atoms with Crippen molar-refractivity contribution in [3.63, 3.8) is 0 Å². The van der Waals surface area contributed by atoms with E-state index in [2.05, 4.69) is 10.3 Å². The van der Waals surface area contributed by atoms with Crippen LogP contribution in [-0.4, -0.2) is 38.3 Å². The Morgan fingerprint density at radius 1 is 1.76 bits per heavy atom. The highest BCUT2D eigenvalue weighted by Crippen LogP contribution is 2.19. The largest absolute Gasteiger partial charge is 0.480 e. The zero-order valence-electron chi connectivity index (χ0n) is 9.54. The van der Waals surface area contributed by atoms with Gasteiger partial charge in [-0.15, -0.1) is 11.3 Å². The number of hydrogen-bond donors (Lipinski definition) is 3. The zero-order valence-corrected chi connectivity index (χ0v) is 11.2. The monoisotopic (exact) mass is 277 g/mol. The smallest absolute Gasteiger partial charge is 0.326 e. The van der Waals surface area contributed by atoms with E-state index in [1.807, 2.05) is 6.92 Å². The maximum atomic E-state index is 11.1. The number of anilines is 1. The first-order chi connectivity index (χ1) is 7.91. The van der Waals surface area contributed by atoms with Crippen molar-refractivity contribution in [1.29, 1.82) is 0 Å². The predicted molar refractivity (Wildman–Crippen MR) is 68.7 cm³/mol. The van der Waals surface area contributed by atoms with E-state index >= 15 is 0 Å². The fourth-order valence-corrected chi connectivity index (χ4v) is 2.06. The molecule has 0 saturated heterocycles. The van der Waals surface area contributed by atoms with Crippen molar-refractivity contribution in [3.05, 3.63) is 11.1 Å². The summed E-state index contributed by atoms with van der Waals surface area (Å²) in [6, 6.07) is -1.10. The highest BCUT2D eigenvalue weighted by Gasteiger charge is 2.17. The molecule has 8 heteroatoms. The second kappa shape index (κ2) is 6.08. The summed E-state index contributed by atoms with van der Waals surface area (Å²) in [4.78, 5) is 14.7. The Bertz CT molecular complexity index is 421. The van der Waals surface area contributed by atoms with Crippen molar-refractivity contribution in [2.45, 2.75) is 18.2 Å². The number of carboxylic acid groups (broad SMARTS) is 1. The summed E-state index contributed by atoms with van der Waals surface area (Å²) >= 11 is 1.28. The number of aliphatic carboxylic acids is 1. The normalized spacial score (nSPS) is 16.2. The lowest BCUT2D eigenvalue weighted by Gasteiger charge is -2.08. The Labute approximate surface area is 106 Å². The maximum Gasteiger partial charge on any atom is 0.326 e. The average molecular weight is 277 g/mol. The molecule has 3 unspecified atom stereocenters. The molecule has 17 heavy (non-hydrogen) atoms. The predicted octanol–water partition coefficient (Wildman–Crippen LogP) is 0.406. The van der Waals surface area contributed by atoms with Crippen molar-refractivity contribution in [2.24, 2.45) is 5.73 Å². The standard InChI is InChI=1S/C9H15N3O3S2/c1-5(17(2)15)3-11-9-12-6(4-16-9)7(10)8(13)14/h4-5,7H,3,10H2,1-2H3,(H,11,12)(H,13,14). The van der Waals surface area contributed by atoms with E-state index in [9.17, 15) is 9.00 Å². The SMILES string of the molecule is CC(CNc1nc(C(N)C(=O)O)cs1)S(C)=O. The molecule has 0 fully saturated rings. The molecule has 0 radical (unpaired) electrons. The number of carboxylic acids is 1. The molecule has 0 aliphatic rings. The van der Waals surface area contributed by atoms with Crippen molar-refractivity contribution in [1.82, 2.24) is 4.98 Å². The van der Waals surface area contributed by atoms with Gasteiger partial charge in [-0.05, 0) is 6.92 Å². The first-order valence-electron chi connectivity index (χ1n) is 4.91. The molecule has 1 aromatic heterocycles. The van der Waals surface area contributed by atoms with Gasteiger partial charge >= 0.3 is 5.97 Å². The molecule has 96 valence electrons. The van der Waals surface area contributed by atoms with E-state index in [-0.39, 0.29) is 5.25 Å². The highest BCUT2D eigenvalue weighted by atomic mass is 32.2. The molecule has 0 spiro atoms. The summed E-state index contributed by atoms with van der Waals surface area (Å²) in [6.45, 7) is 2.39. The fraction of sp³-hybridized carbons (Fsp3) is 0.556. The zero-order chi connectivity index (χ0) is 13.0. The molecule has 0 amide bonds. The van der Waals surface area contributed by atoms with Crippen LogP contribution in [0.2, 0.25) is 0 Å². The molecule has 6 nitrogen and oxygen atoms in total. The summed E-state index contributed by atoms with van der Waals surface area (Å²) in [7, 11) is -0.898. The van der Waals surface area contributed by atoms with Crippen LogP contribution in [0.5, 0.6) is 0 Å². The van der Waals surface area contributed by atoms with Crippen LogP contribution in [0.3, 0.4) is 0 Å². The first-order valence-corrected chi connectivity index (χ1v) is 7.41. The van der Waals surface area contributed by atoms with E-state index in [0.717, 1.165) is 0 Å². The van der Waals surface area contributed by atoms with Crippen molar-refractivity contribution >= 4 is 33.2 Å².